The molecule has 2 aromatic carbocycles. The summed E-state index contributed by atoms with van der Waals surface area (Å²) in [5.74, 6) is -0.223. The lowest BCUT2D eigenvalue weighted by Crippen LogP contribution is -2.47. The number of carbonyl (C=O) groups excluding carboxylic acids is 1. The number of nitrogens with zero attached hydrogens (tertiary/aromatic N) is 2. The zero-order valence-corrected chi connectivity index (χ0v) is 16.5. The van der Waals surface area contributed by atoms with E-state index in [1.807, 2.05) is 38.2 Å². The number of hydrogen-bond donors (Lipinski definition) is 1. The Morgan fingerprint density at radius 2 is 1.56 bits per heavy atom. The van der Waals surface area contributed by atoms with E-state index in [2.05, 4.69) is 10.2 Å². The molecule has 1 amide bonds. The van der Waals surface area contributed by atoms with Crippen LogP contribution in [0.3, 0.4) is 0 Å². The first kappa shape index (κ1) is 19.5. The molecule has 27 heavy (non-hydrogen) atoms. The fourth-order valence-corrected chi connectivity index (χ4v) is 4.37. The molecule has 3 rings (SSSR count). The van der Waals surface area contributed by atoms with Gasteiger partial charge in [0.05, 0.1) is 4.90 Å². The summed E-state index contributed by atoms with van der Waals surface area (Å²) in [6, 6.07) is 14.1. The number of carbonyl (C=O) groups is 1. The topological polar surface area (TPSA) is 69.7 Å². The van der Waals surface area contributed by atoms with Crippen LogP contribution >= 0.6 is 0 Å². The lowest BCUT2D eigenvalue weighted by Gasteiger charge is -2.31. The van der Waals surface area contributed by atoms with E-state index >= 15 is 0 Å². The molecule has 0 atom stereocenters. The summed E-state index contributed by atoms with van der Waals surface area (Å²) < 4.78 is 26.9. The van der Waals surface area contributed by atoms with E-state index in [1.165, 1.54) is 22.0 Å². The second kappa shape index (κ2) is 8.21. The smallest absolute Gasteiger partial charge is 0.251 e. The monoisotopic (exact) mass is 387 g/mol. The summed E-state index contributed by atoms with van der Waals surface area (Å²) in [6.45, 7) is 4.85. The molecule has 1 N–H and O–H groups in total. The Hall–Kier alpha value is -2.22. The lowest BCUT2D eigenvalue weighted by molar-refractivity contribution is 0.0951. The number of aryl methyl sites for hydroxylation is 1. The Morgan fingerprint density at radius 3 is 2.15 bits per heavy atom. The largest absolute Gasteiger partial charge is 0.348 e. The number of sulfonamides is 1. The van der Waals surface area contributed by atoms with Crippen molar-refractivity contribution in [2.75, 3.05) is 33.2 Å². The van der Waals surface area contributed by atoms with Crippen molar-refractivity contribution in [3.8, 4) is 0 Å². The average Bonchev–Trinajstić information content (AvgIpc) is 2.68. The minimum atomic E-state index is -3.51. The minimum Gasteiger partial charge on any atom is -0.348 e. The van der Waals surface area contributed by atoms with Crippen molar-refractivity contribution in [3.05, 3.63) is 65.2 Å². The number of nitrogens with one attached hydrogen (secondary N) is 1. The molecule has 0 aliphatic carbocycles. The van der Waals surface area contributed by atoms with Crippen LogP contribution in [0.4, 0.5) is 0 Å². The van der Waals surface area contributed by atoms with Crippen molar-refractivity contribution in [1.29, 1.82) is 0 Å². The molecule has 1 fully saturated rings. The molecule has 0 saturated carbocycles. The van der Waals surface area contributed by atoms with Crippen LogP contribution in [0.25, 0.3) is 0 Å². The maximum atomic E-state index is 12.7. The third kappa shape index (κ3) is 4.74. The van der Waals surface area contributed by atoms with Gasteiger partial charge in [-0.05, 0) is 43.8 Å². The van der Waals surface area contributed by atoms with Gasteiger partial charge in [0.2, 0.25) is 10.0 Å². The molecule has 0 radical (unpaired) electrons. The Labute approximate surface area is 160 Å². The number of likely N-dealkylation sites (N-methyl/N-ethyl adjacent to an activating group) is 1. The number of rotatable bonds is 5. The molecule has 1 aliphatic rings. The number of amides is 1. The first-order valence-electron chi connectivity index (χ1n) is 8.99. The maximum absolute atomic E-state index is 12.7. The maximum Gasteiger partial charge on any atom is 0.251 e. The molecule has 6 nitrogen and oxygen atoms in total. The van der Waals surface area contributed by atoms with Gasteiger partial charge in [-0.15, -0.1) is 0 Å². The average molecular weight is 388 g/mol. The quantitative estimate of drug-likeness (QED) is 0.850. The summed E-state index contributed by atoms with van der Waals surface area (Å²) in [4.78, 5) is 14.6. The van der Waals surface area contributed by atoms with Crippen molar-refractivity contribution < 1.29 is 13.2 Å². The second-order valence-corrected chi connectivity index (χ2v) is 8.84. The van der Waals surface area contributed by atoms with Crippen LogP contribution in [0.15, 0.2) is 53.4 Å². The van der Waals surface area contributed by atoms with Crippen LogP contribution < -0.4 is 5.32 Å². The van der Waals surface area contributed by atoms with Gasteiger partial charge < -0.3 is 10.2 Å². The van der Waals surface area contributed by atoms with Gasteiger partial charge in [0.25, 0.3) is 5.91 Å². The number of hydrogen-bond acceptors (Lipinski definition) is 4. The Bertz CT molecular complexity index is 885. The molecule has 1 saturated heterocycles. The highest BCUT2D eigenvalue weighted by atomic mass is 32.2. The highest BCUT2D eigenvalue weighted by Gasteiger charge is 2.27. The predicted molar refractivity (Wildman–Crippen MR) is 105 cm³/mol. The van der Waals surface area contributed by atoms with Crippen LogP contribution in [-0.4, -0.2) is 56.8 Å². The van der Waals surface area contributed by atoms with Gasteiger partial charge in [-0.1, -0.05) is 29.8 Å². The summed E-state index contributed by atoms with van der Waals surface area (Å²) in [5.41, 5.74) is 2.63. The van der Waals surface area contributed by atoms with Gasteiger partial charge in [0, 0.05) is 38.3 Å². The third-order valence-corrected chi connectivity index (χ3v) is 6.70. The minimum absolute atomic E-state index is 0.223. The molecule has 2 aromatic rings. The van der Waals surface area contributed by atoms with Crippen molar-refractivity contribution in [3.63, 3.8) is 0 Å². The first-order valence-corrected chi connectivity index (χ1v) is 10.4. The van der Waals surface area contributed by atoms with Crippen molar-refractivity contribution >= 4 is 15.9 Å². The van der Waals surface area contributed by atoms with Crippen LogP contribution in [0.2, 0.25) is 0 Å². The van der Waals surface area contributed by atoms with Gasteiger partial charge in [0.1, 0.15) is 0 Å². The van der Waals surface area contributed by atoms with E-state index in [4.69, 9.17) is 0 Å². The second-order valence-electron chi connectivity index (χ2n) is 6.90. The van der Waals surface area contributed by atoms with E-state index in [0.29, 0.717) is 25.2 Å². The predicted octanol–water partition coefficient (Wildman–Crippen LogP) is 1.86. The van der Waals surface area contributed by atoms with Crippen LogP contribution in [0.1, 0.15) is 21.5 Å². The van der Waals surface area contributed by atoms with Crippen molar-refractivity contribution in [2.45, 2.75) is 18.4 Å². The summed E-state index contributed by atoms with van der Waals surface area (Å²) in [7, 11) is -1.53. The summed E-state index contributed by atoms with van der Waals surface area (Å²) >= 11 is 0. The van der Waals surface area contributed by atoms with Crippen LogP contribution in [0, 0.1) is 6.92 Å². The molecular weight excluding hydrogens is 362 g/mol. The fraction of sp³-hybridized carbons (Fsp3) is 0.350. The van der Waals surface area contributed by atoms with Crippen molar-refractivity contribution in [1.82, 2.24) is 14.5 Å². The standard InChI is InChI=1S/C20H25N3O3S/c1-16-3-5-17(6-4-16)15-21-20(24)18-7-9-19(10-8-18)27(25,26)23-13-11-22(2)12-14-23/h3-10H,11-15H2,1-2H3,(H,21,24). The zero-order valence-electron chi connectivity index (χ0n) is 15.7. The Balaban J connectivity index is 1.63. The zero-order chi connectivity index (χ0) is 19.4. The third-order valence-electron chi connectivity index (χ3n) is 4.79. The van der Waals surface area contributed by atoms with E-state index in [-0.39, 0.29) is 10.8 Å². The SMILES string of the molecule is Cc1ccc(CNC(=O)c2ccc(S(=O)(=O)N3CCN(C)CC3)cc2)cc1. The summed E-state index contributed by atoms with van der Waals surface area (Å²) in [5, 5.41) is 2.86. The van der Waals surface area contributed by atoms with E-state index in [9.17, 15) is 13.2 Å². The fourth-order valence-electron chi connectivity index (χ4n) is 2.95. The van der Waals surface area contributed by atoms with E-state index in [1.54, 1.807) is 12.1 Å². The molecule has 144 valence electrons. The molecule has 0 bridgehead atoms. The number of benzene rings is 2. The van der Waals surface area contributed by atoms with Crippen molar-refractivity contribution in [2.24, 2.45) is 0 Å². The molecular formula is C20H25N3O3S. The molecule has 0 aromatic heterocycles. The number of piperazine rings is 1. The van der Waals surface area contributed by atoms with Crippen LogP contribution in [0.5, 0.6) is 0 Å². The molecule has 1 heterocycles. The Morgan fingerprint density at radius 1 is 0.963 bits per heavy atom. The molecule has 0 spiro atoms. The van der Waals surface area contributed by atoms with Gasteiger partial charge in [0.15, 0.2) is 0 Å². The summed E-state index contributed by atoms with van der Waals surface area (Å²) in [6.07, 6.45) is 0. The normalized spacial score (nSPS) is 16.2. The molecule has 7 heteroatoms. The molecule has 0 unspecified atom stereocenters. The van der Waals surface area contributed by atoms with E-state index in [0.717, 1.165) is 18.7 Å². The van der Waals surface area contributed by atoms with Gasteiger partial charge in [-0.3, -0.25) is 4.79 Å². The first-order chi connectivity index (χ1) is 12.9. The van der Waals surface area contributed by atoms with Gasteiger partial charge in [-0.2, -0.15) is 4.31 Å². The highest BCUT2D eigenvalue weighted by molar-refractivity contribution is 7.89. The van der Waals surface area contributed by atoms with Gasteiger partial charge in [-0.25, -0.2) is 8.42 Å². The Kier molecular flexibility index (Phi) is 5.94. The highest BCUT2D eigenvalue weighted by Crippen LogP contribution is 2.18. The lowest BCUT2D eigenvalue weighted by atomic mass is 10.1. The van der Waals surface area contributed by atoms with Gasteiger partial charge >= 0.3 is 0 Å². The van der Waals surface area contributed by atoms with Crippen LogP contribution in [-0.2, 0) is 16.6 Å². The van der Waals surface area contributed by atoms with E-state index < -0.39 is 10.0 Å². The molecule has 1 aliphatic heterocycles.